The third-order valence-electron chi connectivity index (χ3n) is 2.71. The molecule has 0 fully saturated rings. The predicted molar refractivity (Wildman–Crippen MR) is 79.4 cm³/mol. The van der Waals surface area contributed by atoms with E-state index in [9.17, 15) is 13.0 Å². The molecule has 0 saturated carbocycles. The highest BCUT2D eigenvalue weighted by Crippen LogP contribution is 2.26. The van der Waals surface area contributed by atoms with Gasteiger partial charge in [0.1, 0.15) is 4.90 Å². The van der Waals surface area contributed by atoms with Crippen molar-refractivity contribution in [1.82, 2.24) is 0 Å². The van der Waals surface area contributed by atoms with Crippen molar-refractivity contribution in [3.05, 3.63) is 59.7 Å². The van der Waals surface area contributed by atoms with Gasteiger partial charge in [-0.1, -0.05) is 54.6 Å². The van der Waals surface area contributed by atoms with Gasteiger partial charge in [0, 0.05) is 0 Å². The van der Waals surface area contributed by atoms with Crippen molar-refractivity contribution in [2.45, 2.75) is 4.90 Å². The van der Waals surface area contributed by atoms with Crippen LogP contribution in [0.4, 0.5) is 5.69 Å². The third kappa shape index (κ3) is 3.24. The molecule has 6 heteroatoms. The lowest BCUT2D eigenvalue weighted by Crippen LogP contribution is -2.12. The van der Waals surface area contributed by atoms with Crippen molar-refractivity contribution in [2.24, 2.45) is 5.84 Å². The first-order chi connectivity index (χ1) is 9.52. The first-order valence-corrected chi connectivity index (χ1v) is 7.26. The van der Waals surface area contributed by atoms with Crippen molar-refractivity contribution in [3.8, 4) is 0 Å². The third-order valence-corrected chi connectivity index (χ3v) is 3.69. The molecule has 0 bridgehead atoms. The Morgan fingerprint density at radius 3 is 2.30 bits per heavy atom. The van der Waals surface area contributed by atoms with Crippen LogP contribution in [0.2, 0.25) is 0 Å². The van der Waals surface area contributed by atoms with Crippen molar-refractivity contribution in [2.75, 3.05) is 5.43 Å². The number of rotatable bonds is 4. The summed E-state index contributed by atoms with van der Waals surface area (Å²) in [6, 6.07) is 14.1. The van der Waals surface area contributed by atoms with Crippen LogP contribution in [0, 0.1) is 0 Å². The largest absolute Gasteiger partial charge is 0.323 e. The van der Waals surface area contributed by atoms with E-state index in [-0.39, 0.29) is 10.6 Å². The summed E-state index contributed by atoms with van der Waals surface area (Å²) in [5, 5.41) is 0. The fraction of sp³-hybridized carbons (Fsp3) is 0. The summed E-state index contributed by atoms with van der Waals surface area (Å²) in [6.45, 7) is 0. The minimum absolute atomic E-state index is 0.141. The van der Waals surface area contributed by atoms with E-state index >= 15 is 0 Å². The van der Waals surface area contributed by atoms with Gasteiger partial charge in [0.05, 0.1) is 5.69 Å². The Kier molecular flexibility index (Phi) is 4.19. The molecule has 104 valence electrons. The standard InChI is InChI=1S/C14H14N2O3S/c15-16-13-8-4-7-12(14(13)20(17,18)19)10-9-11-5-2-1-3-6-11/h1-10,16H,15H2,(H,17,18,19). The second kappa shape index (κ2) is 5.87. The number of nitrogen functional groups attached to an aromatic ring is 1. The summed E-state index contributed by atoms with van der Waals surface area (Å²) in [4.78, 5) is -0.241. The monoisotopic (exact) mass is 290 g/mol. The van der Waals surface area contributed by atoms with Gasteiger partial charge in [0.2, 0.25) is 0 Å². The van der Waals surface area contributed by atoms with Crippen molar-refractivity contribution >= 4 is 28.0 Å². The Labute approximate surface area is 117 Å². The number of nitrogens with one attached hydrogen (secondary N) is 1. The second-order valence-corrected chi connectivity index (χ2v) is 5.45. The minimum Gasteiger partial charge on any atom is -0.323 e. The fourth-order valence-corrected chi connectivity index (χ4v) is 2.68. The molecule has 0 saturated heterocycles. The molecule has 0 spiro atoms. The molecule has 2 aromatic carbocycles. The molecule has 0 atom stereocenters. The molecule has 0 unspecified atom stereocenters. The fourth-order valence-electron chi connectivity index (χ4n) is 1.84. The minimum atomic E-state index is -4.37. The van der Waals surface area contributed by atoms with Gasteiger partial charge < -0.3 is 5.43 Å². The zero-order chi connectivity index (χ0) is 14.6. The molecule has 4 N–H and O–H groups in total. The molecule has 0 amide bonds. The number of hydrazine groups is 1. The molecule has 0 heterocycles. The van der Waals surface area contributed by atoms with Crippen molar-refractivity contribution in [3.63, 3.8) is 0 Å². The Morgan fingerprint density at radius 1 is 1.00 bits per heavy atom. The highest BCUT2D eigenvalue weighted by atomic mass is 32.2. The van der Waals surface area contributed by atoms with E-state index in [4.69, 9.17) is 5.84 Å². The van der Waals surface area contributed by atoms with E-state index in [1.165, 1.54) is 6.07 Å². The van der Waals surface area contributed by atoms with E-state index in [0.29, 0.717) is 5.56 Å². The molecular weight excluding hydrogens is 276 g/mol. The Hall–Kier alpha value is -2.15. The molecule has 0 aliphatic heterocycles. The maximum absolute atomic E-state index is 11.5. The summed E-state index contributed by atoms with van der Waals surface area (Å²) < 4.78 is 32.3. The lowest BCUT2D eigenvalue weighted by molar-refractivity contribution is 0.483. The normalized spacial score (nSPS) is 11.7. The van der Waals surface area contributed by atoms with Gasteiger partial charge in [-0.25, -0.2) is 0 Å². The molecule has 0 aliphatic carbocycles. The molecule has 0 radical (unpaired) electrons. The first kappa shape index (κ1) is 14.3. The van der Waals surface area contributed by atoms with E-state index < -0.39 is 10.1 Å². The molecule has 20 heavy (non-hydrogen) atoms. The van der Waals surface area contributed by atoms with Crippen molar-refractivity contribution in [1.29, 1.82) is 0 Å². The number of anilines is 1. The van der Waals surface area contributed by atoms with Gasteiger partial charge in [-0.3, -0.25) is 10.4 Å². The average Bonchev–Trinajstić information content (AvgIpc) is 2.44. The summed E-state index contributed by atoms with van der Waals surface area (Å²) in [5.74, 6) is 5.27. The van der Waals surface area contributed by atoms with Gasteiger partial charge >= 0.3 is 0 Å². The summed E-state index contributed by atoms with van der Waals surface area (Å²) >= 11 is 0. The van der Waals surface area contributed by atoms with Crippen LogP contribution >= 0.6 is 0 Å². The van der Waals surface area contributed by atoms with Crippen LogP contribution in [0.1, 0.15) is 11.1 Å². The van der Waals surface area contributed by atoms with Crippen LogP contribution in [-0.4, -0.2) is 13.0 Å². The Morgan fingerprint density at radius 2 is 1.70 bits per heavy atom. The lowest BCUT2D eigenvalue weighted by Gasteiger charge is -2.09. The van der Waals surface area contributed by atoms with E-state index in [1.54, 1.807) is 24.3 Å². The number of hydrogen-bond donors (Lipinski definition) is 3. The van der Waals surface area contributed by atoms with Crippen LogP contribution in [0.15, 0.2) is 53.4 Å². The second-order valence-electron chi connectivity index (χ2n) is 4.09. The highest BCUT2D eigenvalue weighted by Gasteiger charge is 2.18. The molecule has 0 aliphatic rings. The van der Waals surface area contributed by atoms with Gasteiger partial charge in [0.15, 0.2) is 0 Å². The van der Waals surface area contributed by atoms with Gasteiger partial charge in [-0.15, -0.1) is 0 Å². The van der Waals surface area contributed by atoms with Crippen LogP contribution in [0.5, 0.6) is 0 Å². The quantitative estimate of drug-likeness (QED) is 0.348. The number of nitrogens with two attached hydrogens (primary N) is 1. The van der Waals surface area contributed by atoms with Gasteiger partial charge in [-0.05, 0) is 17.2 Å². The summed E-state index contributed by atoms with van der Waals surface area (Å²) in [6.07, 6.45) is 3.36. The predicted octanol–water partition coefficient (Wildman–Crippen LogP) is 2.39. The van der Waals surface area contributed by atoms with Crippen molar-refractivity contribution < 1.29 is 13.0 Å². The smallest absolute Gasteiger partial charge is 0.297 e. The summed E-state index contributed by atoms with van der Waals surface area (Å²) in [7, 11) is -4.37. The highest BCUT2D eigenvalue weighted by molar-refractivity contribution is 7.86. The van der Waals surface area contributed by atoms with E-state index in [2.05, 4.69) is 5.43 Å². The molecular formula is C14H14N2O3S. The molecule has 2 rings (SSSR count). The molecule has 0 aromatic heterocycles. The van der Waals surface area contributed by atoms with Gasteiger partial charge in [-0.2, -0.15) is 8.42 Å². The van der Waals surface area contributed by atoms with E-state index in [0.717, 1.165) is 5.56 Å². The van der Waals surface area contributed by atoms with Gasteiger partial charge in [0.25, 0.3) is 10.1 Å². The topological polar surface area (TPSA) is 92.4 Å². The first-order valence-electron chi connectivity index (χ1n) is 5.82. The maximum Gasteiger partial charge on any atom is 0.297 e. The SMILES string of the molecule is NNc1cccc(C=Cc2ccccc2)c1S(=O)(=O)O. The van der Waals surface area contributed by atoms with Crippen LogP contribution < -0.4 is 11.3 Å². The Bertz CT molecular complexity index is 725. The van der Waals surface area contributed by atoms with Crippen LogP contribution in [0.25, 0.3) is 12.2 Å². The zero-order valence-electron chi connectivity index (χ0n) is 10.5. The Balaban J connectivity index is 2.50. The van der Waals surface area contributed by atoms with E-state index in [1.807, 2.05) is 30.3 Å². The average molecular weight is 290 g/mol. The van der Waals surface area contributed by atoms with Crippen LogP contribution in [-0.2, 0) is 10.1 Å². The zero-order valence-corrected chi connectivity index (χ0v) is 11.3. The molecule has 2 aromatic rings. The molecule has 5 nitrogen and oxygen atoms in total. The number of hydrogen-bond acceptors (Lipinski definition) is 4. The van der Waals surface area contributed by atoms with Crippen LogP contribution in [0.3, 0.4) is 0 Å². The lowest BCUT2D eigenvalue weighted by atomic mass is 10.1. The number of benzene rings is 2. The maximum atomic E-state index is 11.5. The summed E-state index contributed by atoms with van der Waals surface area (Å²) in [5.41, 5.74) is 3.68.